The number of carbonyl (C=O) groups excluding carboxylic acids is 1. The lowest BCUT2D eigenvalue weighted by Crippen LogP contribution is -2.38. The molecular formula is C11H19N3O2. The second-order valence-corrected chi connectivity index (χ2v) is 4.09. The fourth-order valence-electron chi connectivity index (χ4n) is 1.88. The summed E-state index contributed by atoms with van der Waals surface area (Å²) in [6, 6.07) is 1.88. The molecule has 5 heteroatoms. The molecule has 90 valence electrons. The van der Waals surface area contributed by atoms with Crippen molar-refractivity contribution < 1.29 is 9.53 Å². The van der Waals surface area contributed by atoms with E-state index in [1.165, 1.54) is 6.42 Å². The molecule has 2 unspecified atom stereocenters. The molecule has 0 aromatic carbocycles. The SMILES string of the molecule is N#CCNC(=O)COC1CCCCCC1N. The third-order valence-electron chi connectivity index (χ3n) is 2.80. The van der Waals surface area contributed by atoms with Crippen LogP contribution < -0.4 is 11.1 Å². The van der Waals surface area contributed by atoms with Crippen LogP contribution >= 0.6 is 0 Å². The summed E-state index contributed by atoms with van der Waals surface area (Å²) in [5.41, 5.74) is 5.96. The Bertz CT molecular complexity index is 262. The first-order valence-electron chi connectivity index (χ1n) is 5.75. The zero-order chi connectivity index (χ0) is 11.8. The van der Waals surface area contributed by atoms with Crippen LogP contribution in [0.25, 0.3) is 0 Å². The van der Waals surface area contributed by atoms with Crippen LogP contribution in [0.5, 0.6) is 0 Å². The number of nitriles is 1. The molecule has 1 fully saturated rings. The van der Waals surface area contributed by atoms with Crippen molar-refractivity contribution in [3.63, 3.8) is 0 Å². The van der Waals surface area contributed by atoms with Crippen molar-refractivity contribution in [3.8, 4) is 6.07 Å². The Morgan fingerprint density at radius 1 is 1.44 bits per heavy atom. The summed E-state index contributed by atoms with van der Waals surface area (Å²) >= 11 is 0. The lowest BCUT2D eigenvalue weighted by atomic mass is 10.1. The Morgan fingerprint density at radius 3 is 2.94 bits per heavy atom. The maximum atomic E-state index is 11.2. The van der Waals surface area contributed by atoms with Crippen molar-refractivity contribution in [2.75, 3.05) is 13.2 Å². The molecule has 0 radical (unpaired) electrons. The predicted molar refractivity (Wildman–Crippen MR) is 59.4 cm³/mol. The van der Waals surface area contributed by atoms with Crippen LogP contribution in [0.1, 0.15) is 32.1 Å². The van der Waals surface area contributed by atoms with Gasteiger partial charge in [0, 0.05) is 6.04 Å². The second-order valence-electron chi connectivity index (χ2n) is 4.09. The summed E-state index contributed by atoms with van der Waals surface area (Å²) in [7, 11) is 0. The van der Waals surface area contributed by atoms with E-state index in [-0.39, 0.29) is 31.2 Å². The number of ether oxygens (including phenoxy) is 1. The molecule has 16 heavy (non-hydrogen) atoms. The summed E-state index contributed by atoms with van der Waals surface area (Å²) in [5, 5.41) is 10.7. The van der Waals surface area contributed by atoms with Gasteiger partial charge in [-0.1, -0.05) is 19.3 Å². The Morgan fingerprint density at radius 2 is 2.19 bits per heavy atom. The van der Waals surface area contributed by atoms with E-state index in [1.807, 2.05) is 6.07 Å². The topological polar surface area (TPSA) is 88.1 Å². The van der Waals surface area contributed by atoms with Gasteiger partial charge in [-0.2, -0.15) is 5.26 Å². The van der Waals surface area contributed by atoms with Crippen LogP contribution in [0.2, 0.25) is 0 Å². The van der Waals surface area contributed by atoms with Gasteiger partial charge >= 0.3 is 0 Å². The average molecular weight is 225 g/mol. The predicted octanol–water partition coefficient (Wildman–Crippen LogP) is 0.303. The lowest BCUT2D eigenvalue weighted by Gasteiger charge is -2.21. The van der Waals surface area contributed by atoms with Gasteiger partial charge in [0.15, 0.2) is 0 Å². The van der Waals surface area contributed by atoms with Gasteiger partial charge in [0.2, 0.25) is 5.91 Å². The van der Waals surface area contributed by atoms with Gasteiger partial charge in [-0.15, -0.1) is 0 Å². The zero-order valence-electron chi connectivity index (χ0n) is 9.45. The second kappa shape index (κ2) is 7.20. The maximum Gasteiger partial charge on any atom is 0.246 e. The van der Waals surface area contributed by atoms with E-state index in [0.29, 0.717) is 0 Å². The minimum atomic E-state index is -0.252. The van der Waals surface area contributed by atoms with Crippen LogP contribution in [0.3, 0.4) is 0 Å². The van der Waals surface area contributed by atoms with Crippen LogP contribution in [-0.4, -0.2) is 31.2 Å². The molecule has 1 aliphatic rings. The number of hydrogen-bond donors (Lipinski definition) is 2. The minimum Gasteiger partial charge on any atom is -0.367 e. The number of amides is 1. The van der Waals surface area contributed by atoms with Gasteiger partial charge in [0.1, 0.15) is 13.2 Å². The van der Waals surface area contributed by atoms with Gasteiger partial charge in [-0.05, 0) is 12.8 Å². The number of nitrogens with one attached hydrogen (secondary N) is 1. The van der Waals surface area contributed by atoms with E-state index in [4.69, 9.17) is 15.7 Å². The van der Waals surface area contributed by atoms with E-state index in [2.05, 4.69) is 5.32 Å². The summed E-state index contributed by atoms with van der Waals surface area (Å²) in [4.78, 5) is 11.2. The van der Waals surface area contributed by atoms with Crippen LogP contribution in [0.4, 0.5) is 0 Å². The van der Waals surface area contributed by atoms with Crippen molar-refractivity contribution in [2.24, 2.45) is 5.73 Å². The molecule has 5 nitrogen and oxygen atoms in total. The van der Waals surface area contributed by atoms with Crippen LogP contribution in [-0.2, 0) is 9.53 Å². The molecule has 1 rings (SSSR count). The van der Waals surface area contributed by atoms with Crippen molar-refractivity contribution in [1.29, 1.82) is 5.26 Å². The Hall–Kier alpha value is -1.12. The smallest absolute Gasteiger partial charge is 0.246 e. The summed E-state index contributed by atoms with van der Waals surface area (Å²) in [6.45, 7) is 0.0267. The third-order valence-corrected chi connectivity index (χ3v) is 2.80. The first-order chi connectivity index (χ1) is 7.74. The summed E-state index contributed by atoms with van der Waals surface area (Å²) in [6.07, 6.45) is 5.31. The fourth-order valence-corrected chi connectivity index (χ4v) is 1.88. The highest BCUT2D eigenvalue weighted by atomic mass is 16.5. The molecule has 2 atom stereocenters. The van der Waals surface area contributed by atoms with Crippen molar-refractivity contribution in [3.05, 3.63) is 0 Å². The molecule has 0 aliphatic heterocycles. The molecule has 1 amide bonds. The van der Waals surface area contributed by atoms with E-state index < -0.39 is 0 Å². The quantitative estimate of drug-likeness (QED) is 0.532. The Labute approximate surface area is 95.9 Å². The van der Waals surface area contributed by atoms with Gasteiger partial charge in [-0.25, -0.2) is 0 Å². The van der Waals surface area contributed by atoms with Crippen molar-refractivity contribution in [2.45, 2.75) is 44.2 Å². The molecule has 0 bridgehead atoms. The highest BCUT2D eigenvalue weighted by Crippen LogP contribution is 2.18. The number of hydrogen-bond acceptors (Lipinski definition) is 4. The molecule has 0 aromatic rings. The Balaban J connectivity index is 2.24. The lowest BCUT2D eigenvalue weighted by molar-refractivity contribution is -0.128. The Kier molecular flexibility index (Phi) is 5.83. The fraction of sp³-hybridized carbons (Fsp3) is 0.818. The van der Waals surface area contributed by atoms with E-state index >= 15 is 0 Å². The van der Waals surface area contributed by atoms with Crippen LogP contribution in [0, 0.1) is 11.3 Å². The average Bonchev–Trinajstić information content (AvgIpc) is 2.48. The summed E-state index contributed by atoms with van der Waals surface area (Å²) < 4.78 is 5.49. The van der Waals surface area contributed by atoms with E-state index in [9.17, 15) is 4.79 Å². The first kappa shape index (κ1) is 12.9. The van der Waals surface area contributed by atoms with Crippen molar-refractivity contribution in [1.82, 2.24) is 5.32 Å². The number of nitrogens with zero attached hydrogens (tertiary/aromatic N) is 1. The largest absolute Gasteiger partial charge is 0.367 e. The van der Waals surface area contributed by atoms with Gasteiger partial charge in [0.25, 0.3) is 0 Å². The van der Waals surface area contributed by atoms with Crippen molar-refractivity contribution >= 4 is 5.91 Å². The maximum absolute atomic E-state index is 11.2. The van der Waals surface area contributed by atoms with Gasteiger partial charge in [0.05, 0.1) is 12.2 Å². The first-order valence-corrected chi connectivity index (χ1v) is 5.75. The number of carbonyl (C=O) groups is 1. The molecule has 0 saturated heterocycles. The standard InChI is InChI=1S/C11H19N3O2/c12-6-7-14-11(15)8-16-10-5-3-1-2-4-9(10)13/h9-10H,1-5,7-8,13H2,(H,14,15). The molecular weight excluding hydrogens is 206 g/mol. The molecule has 3 N–H and O–H groups in total. The van der Waals surface area contributed by atoms with Crippen LogP contribution in [0.15, 0.2) is 0 Å². The molecule has 1 saturated carbocycles. The number of rotatable bonds is 4. The van der Waals surface area contributed by atoms with Gasteiger partial charge in [-0.3, -0.25) is 4.79 Å². The highest BCUT2D eigenvalue weighted by molar-refractivity contribution is 5.77. The third kappa shape index (κ3) is 4.60. The van der Waals surface area contributed by atoms with E-state index in [0.717, 1.165) is 25.7 Å². The van der Waals surface area contributed by atoms with E-state index in [1.54, 1.807) is 0 Å². The number of nitrogens with two attached hydrogens (primary N) is 1. The molecule has 0 aromatic heterocycles. The minimum absolute atomic E-state index is 0.0000463. The normalized spacial score (nSPS) is 25.5. The monoisotopic (exact) mass is 225 g/mol. The zero-order valence-corrected chi connectivity index (χ0v) is 9.45. The van der Waals surface area contributed by atoms with Gasteiger partial charge < -0.3 is 15.8 Å². The summed E-state index contributed by atoms with van der Waals surface area (Å²) in [5.74, 6) is -0.252. The highest BCUT2D eigenvalue weighted by Gasteiger charge is 2.21. The molecule has 0 heterocycles. The molecule has 0 spiro atoms. The molecule has 1 aliphatic carbocycles.